The van der Waals surface area contributed by atoms with E-state index in [0.717, 1.165) is 23.7 Å². The number of hydrogen-bond donors (Lipinski definition) is 1. The Hall–Kier alpha value is -0.540. The molecule has 0 saturated heterocycles. The van der Waals surface area contributed by atoms with Gasteiger partial charge in [0, 0.05) is 0 Å². The molecule has 0 aromatic heterocycles. The van der Waals surface area contributed by atoms with Gasteiger partial charge in [0.1, 0.15) is 0 Å². The summed E-state index contributed by atoms with van der Waals surface area (Å²) >= 11 is 0. The van der Waals surface area contributed by atoms with E-state index in [4.69, 9.17) is 13.8 Å². The molecule has 0 fully saturated rings. The molecule has 0 aliphatic heterocycles. The van der Waals surface area contributed by atoms with Crippen LogP contribution in [0.1, 0.15) is 24.0 Å². The fourth-order valence-corrected chi connectivity index (χ4v) is 3.57. The Morgan fingerprint density at radius 2 is 1.68 bits per heavy atom. The van der Waals surface area contributed by atoms with Crippen molar-refractivity contribution in [3.63, 3.8) is 0 Å². The predicted molar refractivity (Wildman–Crippen MR) is 108 cm³/mol. The van der Waals surface area contributed by atoms with Gasteiger partial charge in [0.05, 0.1) is 0 Å². The zero-order chi connectivity index (χ0) is 18.8. The molecule has 7 heteroatoms. The van der Waals surface area contributed by atoms with Crippen LogP contribution in [-0.2, 0) is 25.0 Å². The molecule has 1 unspecified atom stereocenters. The molecule has 0 aliphatic carbocycles. The molecule has 5 nitrogen and oxygen atoms in total. The first-order valence-electron chi connectivity index (χ1n) is 8.63. The molecule has 0 radical (unpaired) electrons. The van der Waals surface area contributed by atoms with E-state index < -0.39 is 15.1 Å². The summed E-state index contributed by atoms with van der Waals surface area (Å²) in [6.45, 7) is 11.9. The van der Waals surface area contributed by atoms with Crippen molar-refractivity contribution in [3.05, 3.63) is 42.0 Å². The number of ether oxygens (including phenoxy) is 1. The predicted octanol–water partition coefficient (Wildman–Crippen LogP) is 4.40. The summed E-state index contributed by atoms with van der Waals surface area (Å²) < 4.78 is 27.3. The van der Waals surface area contributed by atoms with E-state index in [1.807, 2.05) is 24.3 Å². The number of rotatable bonds is 13. The third-order valence-corrected chi connectivity index (χ3v) is 6.25. The van der Waals surface area contributed by atoms with Crippen molar-refractivity contribution < 1.29 is 23.2 Å². The maximum atomic E-state index is 11.7. The Morgan fingerprint density at radius 3 is 2.28 bits per heavy atom. The fraction of sp³-hybridized carbons (Fsp3) is 0.556. The molecule has 1 aromatic rings. The topological polar surface area (TPSA) is 65.0 Å². The molecule has 0 amide bonds. The molecule has 1 N–H and O–H groups in total. The summed E-state index contributed by atoms with van der Waals surface area (Å²) in [6, 6.07) is 8.03. The molecule has 1 aromatic carbocycles. The van der Waals surface area contributed by atoms with Crippen LogP contribution in [-0.4, -0.2) is 50.9 Å². The third-order valence-electron chi connectivity index (χ3n) is 3.53. The molecular weight excluding hydrogens is 358 g/mol. The van der Waals surface area contributed by atoms with Gasteiger partial charge in [0.15, 0.2) is 0 Å². The van der Waals surface area contributed by atoms with E-state index >= 15 is 0 Å². The van der Waals surface area contributed by atoms with Gasteiger partial charge < -0.3 is 0 Å². The van der Waals surface area contributed by atoms with E-state index in [1.165, 1.54) is 0 Å². The zero-order valence-electron chi connectivity index (χ0n) is 15.6. The second kappa shape index (κ2) is 11.2. The van der Waals surface area contributed by atoms with E-state index in [1.54, 1.807) is 6.08 Å². The minimum atomic E-state index is -3.92. The van der Waals surface area contributed by atoms with Crippen molar-refractivity contribution in [2.75, 3.05) is 46.0 Å². The molecule has 144 valence electrons. The number of phosphoric ester groups is 1. The van der Waals surface area contributed by atoms with E-state index in [-0.39, 0.29) is 13.2 Å². The van der Waals surface area contributed by atoms with Crippen molar-refractivity contribution >= 4 is 21.2 Å². The maximum Gasteiger partial charge on any atom is -0.0546 e. The van der Waals surface area contributed by atoms with Crippen LogP contribution in [0.2, 0.25) is 0 Å². The maximum absolute atomic E-state index is 11.7. The molecule has 0 bridgehead atoms. The SMILES string of the molecule is C=Cc1ccc(COCCCCOP(=O)(O)OCC[PH](C)(C)C)cc1. The van der Waals surface area contributed by atoms with Crippen LogP contribution in [0.4, 0.5) is 0 Å². The van der Waals surface area contributed by atoms with E-state index in [0.29, 0.717) is 19.6 Å². The van der Waals surface area contributed by atoms with Crippen LogP contribution in [0.3, 0.4) is 0 Å². The molecule has 1 rings (SSSR count). The van der Waals surface area contributed by atoms with Gasteiger partial charge in [0.2, 0.25) is 0 Å². The first-order chi connectivity index (χ1) is 11.7. The fourth-order valence-electron chi connectivity index (χ4n) is 1.93. The Balaban J connectivity index is 2.06. The number of phosphoric acid groups is 1. The van der Waals surface area contributed by atoms with Gasteiger partial charge in [-0.15, -0.1) is 0 Å². The van der Waals surface area contributed by atoms with Gasteiger partial charge in [0.25, 0.3) is 0 Å². The van der Waals surface area contributed by atoms with Crippen molar-refractivity contribution in [1.82, 2.24) is 0 Å². The van der Waals surface area contributed by atoms with E-state index in [9.17, 15) is 9.46 Å². The van der Waals surface area contributed by atoms with Crippen LogP contribution in [0, 0.1) is 0 Å². The molecule has 0 aliphatic rings. The normalized spacial score (nSPS) is 14.9. The average Bonchev–Trinajstić information content (AvgIpc) is 2.53. The van der Waals surface area contributed by atoms with Gasteiger partial charge in [-0.1, -0.05) is 36.9 Å². The van der Waals surface area contributed by atoms with Crippen molar-refractivity contribution in [2.45, 2.75) is 19.4 Å². The van der Waals surface area contributed by atoms with Crippen LogP contribution >= 0.6 is 15.1 Å². The number of hydrogen-bond acceptors (Lipinski definition) is 4. The third kappa shape index (κ3) is 11.6. The number of unbranched alkanes of at least 4 members (excludes halogenated alkanes) is 1. The minimum Gasteiger partial charge on any atom is -0.0561 e. The minimum absolute atomic E-state index is 0.193. The van der Waals surface area contributed by atoms with Crippen molar-refractivity contribution in [2.24, 2.45) is 0 Å². The number of benzene rings is 1. The molecule has 0 heterocycles. The Labute approximate surface area is 152 Å². The van der Waals surface area contributed by atoms with Gasteiger partial charge in [-0.2, -0.15) is 0 Å². The summed E-state index contributed by atoms with van der Waals surface area (Å²) in [4.78, 5) is 9.59. The second-order valence-corrected chi connectivity index (χ2v) is 14.2. The Bertz CT molecular complexity index is 552. The summed E-state index contributed by atoms with van der Waals surface area (Å²) in [5.41, 5.74) is 2.19. The van der Waals surface area contributed by atoms with E-state index in [2.05, 4.69) is 26.6 Å². The molecular formula is C18H32O5P2. The first kappa shape index (κ1) is 22.5. The second-order valence-electron chi connectivity index (χ2n) is 7.15. The van der Waals surface area contributed by atoms with Crippen LogP contribution in [0.25, 0.3) is 6.08 Å². The van der Waals surface area contributed by atoms with Crippen molar-refractivity contribution in [3.8, 4) is 0 Å². The summed E-state index contributed by atoms with van der Waals surface area (Å²) in [5, 5.41) is 0. The smallest absolute Gasteiger partial charge is 0.0546 e. The standard InChI is InChI=1S/C18H32O5P2/c1-5-17-8-10-18(11-9-17)16-21-12-6-7-13-22-25(19,20)23-14-15-24(2,3)4/h5,8-11,24H,1,6-7,12-16H2,2-4H3,(H,19,20). The molecule has 0 saturated carbocycles. The quantitative estimate of drug-likeness (QED) is 0.400. The summed E-state index contributed by atoms with van der Waals surface area (Å²) in [6.07, 6.45) is 4.05. The monoisotopic (exact) mass is 390 g/mol. The largest absolute Gasteiger partial charge is 0.0561 e. The van der Waals surface area contributed by atoms with Crippen LogP contribution in [0.5, 0.6) is 0 Å². The molecule has 0 spiro atoms. The summed E-state index contributed by atoms with van der Waals surface area (Å²) in [5.74, 6) is 0. The van der Waals surface area contributed by atoms with Crippen molar-refractivity contribution in [1.29, 1.82) is 0 Å². The Kier molecular flexibility index (Phi) is 10.1. The average molecular weight is 390 g/mol. The van der Waals surface area contributed by atoms with Crippen LogP contribution < -0.4 is 0 Å². The molecule has 25 heavy (non-hydrogen) atoms. The van der Waals surface area contributed by atoms with Gasteiger partial charge in [-0.3, -0.25) is 0 Å². The molecule has 1 atom stereocenters. The zero-order valence-corrected chi connectivity index (χ0v) is 17.5. The van der Waals surface area contributed by atoms with Gasteiger partial charge >= 0.3 is 109 Å². The first-order valence-corrected chi connectivity index (χ1v) is 13.8. The summed E-state index contributed by atoms with van der Waals surface area (Å²) in [7, 11) is -5.19. The van der Waals surface area contributed by atoms with Crippen LogP contribution in [0.15, 0.2) is 30.8 Å². The van der Waals surface area contributed by atoms with Gasteiger partial charge in [-0.25, -0.2) is 0 Å². The van der Waals surface area contributed by atoms with Gasteiger partial charge in [-0.05, 0) is 5.56 Å². The Morgan fingerprint density at radius 1 is 1.08 bits per heavy atom.